The predicted molar refractivity (Wildman–Crippen MR) is 97.2 cm³/mol. The third kappa shape index (κ3) is 4.47. The molecule has 0 bridgehead atoms. The lowest BCUT2D eigenvalue weighted by Gasteiger charge is -2.26. The lowest BCUT2D eigenvalue weighted by atomic mass is 10.1. The van der Waals surface area contributed by atoms with Crippen LogP contribution in [0.15, 0.2) is 24.3 Å². The largest absolute Gasteiger partial charge is 0.379 e. The van der Waals surface area contributed by atoms with Gasteiger partial charge in [-0.1, -0.05) is 12.1 Å². The molecule has 1 aromatic rings. The first-order chi connectivity index (χ1) is 12.5. The van der Waals surface area contributed by atoms with Gasteiger partial charge in [0, 0.05) is 50.4 Å². The number of hydrogen-bond acceptors (Lipinski definition) is 5. The van der Waals surface area contributed by atoms with Crippen molar-refractivity contribution in [3.63, 3.8) is 0 Å². The first-order valence-corrected chi connectivity index (χ1v) is 9.04. The average Bonchev–Trinajstić information content (AvgIpc) is 3.04. The lowest BCUT2D eigenvalue weighted by molar-refractivity contribution is -0.126. The van der Waals surface area contributed by atoms with Crippen molar-refractivity contribution in [2.75, 3.05) is 50.8 Å². The molecular formula is C19H25N3O4. The molecule has 1 N–H and O–H groups in total. The van der Waals surface area contributed by atoms with E-state index in [0.29, 0.717) is 24.3 Å². The van der Waals surface area contributed by atoms with Gasteiger partial charge in [0.1, 0.15) is 0 Å². The summed E-state index contributed by atoms with van der Waals surface area (Å²) >= 11 is 0. The van der Waals surface area contributed by atoms with Gasteiger partial charge in [-0.05, 0) is 19.1 Å². The van der Waals surface area contributed by atoms with Crippen LogP contribution in [0.2, 0.25) is 0 Å². The Bertz CT molecular complexity index is 685. The first-order valence-electron chi connectivity index (χ1n) is 9.04. The fraction of sp³-hybridized carbons (Fsp3) is 0.526. The minimum atomic E-state index is -0.354. The number of ether oxygens (including phenoxy) is 1. The fourth-order valence-corrected chi connectivity index (χ4v) is 3.33. The van der Waals surface area contributed by atoms with E-state index in [4.69, 9.17) is 4.74 Å². The van der Waals surface area contributed by atoms with Crippen molar-refractivity contribution in [1.82, 2.24) is 10.2 Å². The van der Waals surface area contributed by atoms with Gasteiger partial charge in [-0.2, -0.15) is 0 Å². The summed E-state index contributed by atoms with van der Waals surface area (Å²) in [5, 5.41) is 2.94. The van der Waals surface area contributed by atoms with Crippen molar-refractivity contribution in [3.8, 4) is 0 Å². The van der Waals surface area contributed by atoms with Crippen LogP contribution in [-0.4, -0.2) is 68.4 Å². The van der Waals surface area contributed by atoms with Crippen LogP contribution in [0.5, 0.6) is 0 Å². The molecule has 0 aromatic heterocycles. The van der Waals surface area contributed by atoms with Crippen molar-refractivity contribution in [1.29, 1.82) is 0 Å². The van der Waals surface area contributed by atoms with E-state index in [1.807, 2.05) is 0 Å². The molecule has 2 heterocycles. The van der Waals surface area contributed by atoms with Gasteiger partial charge in [0.05, 0.1) is 19.1 Å². The van der Waals surface area contributed by atoms with Crippen molar-refractivity contribution in [3.05, 3.63) is 29.8 Å². The quantitative estimate of drug-likeness (QED) is 0.756. The van der Waals surface area contributed by atoms with E-state index in [0.717, 1.165) is 32.8 Å². The SMILES string of the molecule is CC(=O)c1cccc(N2CC(C(=O)NCCN3CCOCC3)CC2=O)c1. The van der Waals surface area contributed by atoms with E-state index in [2.05, 4.69) is 10.2 Å². The van der Waals surface area contributed by atoms with Crippen molar-refractivity contribution in [2.24, 2.45) is 5.92 Å². The van der Waals surface area contributed by atoms with Crippen LogP contribution in [0, 0.1) is 5.92 Å². The summed E-state index contributed by atoms with van der Waals surface area (Å²) < 4.78 is 5.30. The van der Waals surface area contributed by atoms with E-state index in [-0.39, 0.29) is 29.9 Å². The molecule has 140 valence electrons. The van der Waals surface area contributed by atoms with Crippen LogP contribution < -0.4 is 10.2 Å². The van der Waals surface area contributed by atoms with Gasteiger partial charge in [-0.25, -0.2) is 0 Å². The molecule has 0 radical (unpaired) electrons. The van der Waals surface area contributed by atoms with Gasteiger partial charge in [-0.3, -0.25) is 19.3 Å². The fourth-order valence-electron chi connectivity index (χ4n) is 3.33. The maximum Gasteiger partial charge on any atom is 0.227 e. The Balaban J connectivity index is 1.52. The monoisotopic (exact) mass is 359 g/mol. The number of nitrogens with zero attached hydrogens (tertiary/aromatic N) is 2. The van der Waals surface area contributed by atoms with Crippen LogP contribution in [-0.2, 0) is 14.3 Å². The third-order valence-corrected chi connectivity index (χ3v) is 4.89. The maximum absolute atomic E-state index is 12.4. The molecule has 7 heteroatoms. The van der Waals surface area contributed by atoms with Crippen LogP contribution in [0.1, 0.15) is 23.7 Å². The lowest BCUT2D eigenvalue weighted by Crippen LogP contribution is -2.42. The summed E-state index contributed by atoms with van der Waals surface area (Å²) in [6, 6.07) is 6.99. The van der Waals surface area contributed by atoms with Crippen molar-refractivity contribution in [2.45, 2.75) is 13.3 Å². The average molecular weight is 359 g/mol. The molecule has 1 unspecified atom stereocenters. The van der Waals surface area contributed by atoms with Crippen LogP contribution >= 0.6 is 0 Å². The second-order valence-electron chi connectivity index (χ2n) is 6.76. The molecule has 3 rings (SSSR count). The summed E-state index contributed by atoms with van der Waals surface area (Å²) in [6.07, 6.45) is 0.202. The molecule has 26 heavy (non-hydrogen) atoms. The number of carbonyl (C=O) groups excluding carboxylic acids is 3. The highest BCUT2D eigenvalue weighted by molar-refractivity contribution is 6.02. The van der Waals surface area contributed by atoms with Gasteiger partial charge >= 0.3 is 0 Å². The first kappa shape index (κ1) is 18.5. The number of nitrogens with one attached hydrogen (secondary N) is 1. The summed E-state index contributed by atoms with van der Waals surface area (Å²) in [7, 11) is 0. The molecular weight excluding hydrogens is 334 g/mol. The minimum absolute atomic E-state index is 0.0455. The van der Waals surface area contributed by atoms with Crippen molar-refractivity contribution < 1.29 is 19.1 Å². The smallest absolute Gasteiger partial charge is 0.227 e. The molecule has 0 spiro atoms. The molecule has 2 aliphatic heterocycles. The van der Waals surface area contributed by atoms with Gasteiger partial charge < -0.3 is 15.0 Å². The molecule has 2 saturated heterocycles. The Morgan fingerprint density at radius 2 is 2.04 bits per heavy atom. The van der Waals surface area contributed by atoms with Gasteiger partial charge in [0.15, 0.2) is 5.78 Å². The Labute approximate surface area is 153 Å². The minimum Gasteiger partial charge on any atom is -0.379 e. The number of hydrogen-bond donors (Lipinski definition) is 1. The molecule has 1 atom stereocenters. The van der Waals surface area contributed by atoms with Crippen molar-refractivity contribution >= 4 is 23.3 Å². The van der Waals surface area contributed by atoms with E-state index in [1.165, 1.54) is 6.92 Å². The van der Waals surface area contributed by atoms with Gasteiger partial charge in [0.25, 0.3) is 0 Å². The third-order valence-electron chi connectivity index (χ3n) is 4.89. The number of Topliss-reactive ketones (excluding diaryl/α,β-unsaturated/α-hetero) is 1. The summed E-state index contributed by atoms with van der Waals surface area (Å²) in [4.78, 5) is 40.1. The zero-order valence-electron chi connectivity index (χ0n) is 15.1. The highest BCUT2D eigenvalue weighted by atomic mass is 16.5. The summed E-state index contributed by atoms with van der Waals surface area (Å²) in [5.41, 5.74) is 1.24. The van der Waals surface area contributed by atoms with E-state index < -0.39 is 0 Å². The molecule has 2 aliphatic rings. The second kappa shape index (κ2) is 8.42. The Kier molecular flexibility index (Phi) is 6.00. The molecule has 0 aliphatic carbocycles. The van der Waals surface area contributed by atoms with Crippen LogP contribution in [0.4, 0.5) is 5.69 Å². The van der Waals surface area contributed by atoms with Gasteiger partial charge in [-0.15, -0.1) is 0 Å². The zero-order valence-corrected chi connectivity index (χ0v) is 15.1. The molecule has 1 aromatic carbocycles. The van der Waals surface area contributed by atoms with Crippen LogP contribution in [0.3, 0.4) is 0 Å². The molecule has 2 amide bonds. The van der Waals surface area contributed by atoms with E-state index in [9.17, 15) is 14.4 Å². The Hall–Kier alpha value is -2.25. The maximum atomic E-state index is 12.4. The predicted octanol–water partition coefficient (Wildman–Crippen LogP) is 0.690. The number of anilines is 1. The molecule has 7 nitrogen and oxygen atoms in total. The topological polar surface area (TPSA) is 79.0 Å². The molecule has 2 fully saturated rings. The number of rotatable bonds is 6. The number of ketones is 1. The van der Waals surface area contributed by atoms with E-state index >= 15 is 0 Å². The number of morpholine rings is 1. The normalized spacial score (nSPS) is 21.0. The standard InChI is InChI=1S/C19H25N3O4/c1-14(23)15-3-2-4-17(11-15)22-13-16(12-18(22)24)19(25)20-5-6-21-7-9-26-10-8-21/h2-4,11,16H,5-10,12-13H2,1H3,(H,20,25). The Morgan fingerprint density at radius 1 is 1.27 bits per heavy atom. The van der Waals surface area contributed by atoms with Crippen LogP contribution in [0.25, 0.3) is 0 Å². The summed E-state index contributed by atoms with van der Waals surface area (Å²) in [6.45, 7) is 6.46. The highest BCUT2D eigenvalue weighted by Crippen LogP contribution is 2.26. The van der Waals surface area contributed by atoms with E-state index in [1.54, 1.807) is 29.2 Å². The number of carbonyl (C=O) groups is 3. The zero-order chi connectivity index (χ0) is 18.5. The number of benzene rings is 1. The van der Waals surface area contributed by atoms with Gasteiger partial charge in [0.2, 0.25) is 11.8 Å². The second-order valence-corrected chi connectivity index (χ2v) is 6.76. The summed E-state index contributed by atoms with van der Waals surface area (Å²) in [5.74, 6) is -0.570. The highest BCUT2D eigenvalue weighted by Gasteiger charge is 2.35. The molecule has 0 saturated carbocycles. The Morgan fingerprint density at radius 3 is 2.77 bits per heavy atom. The number of amides is 2.